The van der Waals surface area contributed by atoms with Crippen LogP contribution in [0.5, 0.6) is 5.75 Å². The van der Waals surface area contributed by atoms with Crippen LogP contribution in [0.4, 0.5) is 13.2 Å². The Morgan fingerprint density at radius 2 is 1.26 bits per heavy atom. The minimum absolute atomic E-state index is 0.291. The van der Waals surface area contributed by atoms with Gasteiger partial charge in [-0.3, -0.25) is 0 Å². The summed E-state index contributed by atoms with van der Waals surface area (Å²) in [5.41, 5.74) is -5.42. The van der Waals surface area contributed by atoms with Crippen molar-refractivity contribution < 1.29 is 25.8 Å². The van der Waals surface area contributed by atoms with E-state index in [1.165, 1.54) is 17.3 Å². The summed E-state index contributed by atoms with van der Waals surface area (Å²) >= 11 is 0. The van der Waals surface area contributed by atoms with Crippen molar-refractivity contribution >= 4 is 23.4 Å². The molecule has 0 heterocycles. The highest BCUT2D eigenvalue weighted by Gasteiger charge is 2.48. The Morgan fingerprint density at radius 3 is 1.59 bits per heavy atom. The first-order valence-electron chi connectivity index (χ1n) is 9.73. The number of unbranched alkanes of at least 4 members (excludes halogenated alkanes) is 3. The summed E-state index contributed by atoms with van der Waals surface area (Å²) in [6.45, 7) is 6.49. The molecule has 0 fully saturated rings. The summed E-state index contributed by atoms with van der Waals surface area (Å²) in [6.07, 6.45) is 6.75. The van der Waals surface area contributed by atoms with Gasteiger partial charge in [-0.2, -0.15) is 21.6 Å². The molecule has 0 spiro atoms. The highest BCUT2D eigenvalue weighted by Crippen LogP contribution is 2.30. The zero-order valence-corrected chi connectivity index (χ0v) is 18.3. The van der Waals surface area contributed by atoms with Gasteiger partial charge in [-0.15, -0.1) is 0 Å². The topological polar surface area (TPSA) is 43.4 Å². The number of hydrogen-bond donors (Lipinski definition) is 0. The average Bonchev–Trinajstić information content (AvgIpc) is 2.61. The zero-order chi connectivity index (χ0) is 20.6. The fraction of sp³-hybridized carbons (Fsp3) is 0.684. The van der Waals surface area contributed by atoms with Gasteiger partial charge >= 0.3 is 15.6 Å². The summed E-state index contributed by atoms with van der Waals surface area (Å²) < 4.78 is 64.1. The third-order valence-corrected chi connectivity index (χ3v) is 11.5. The van der Waals surface area contributed by atoms with E-state index in [0.717, 1.165) is 56.7 Å². The molecule has 0 saturated heterocycles. The minimum Gasteiger partial charge on any atom is -0.376 e. The molecule has 0 aliphatic carbocycles. The summed E-state index contributed by atoms with van der Waals surface area (Å²) in [5, 5.41) is 1.19. The van der Waals surface area contributed by atoms with Crippen molar-refractivity contribution in [2.24, 2.45) is 0 Å². The van der Waals surface area contributed by atoms with Gasteiger partial charge in [-0.05, 0) is 12.1 Å². The van der Waals surface area contributed by atoms with Gasteiger partial charge in [0.2, 0.25) is 0 Å². The largest absolute Gasteiger partial charge is 0.534 e. The van der Waals surface area contributed by atoms with E-state index in [0.29, 0.717) is 0 Å². The van der Waals surface area contributed by atoms with E-state index in [9.17, 15) is 21.6 Å². The number of hydrogen-bond acceptors (Lipinski definition) is 3. The van der Waals surface area contributed by atoms with Crippen LogP contribution in [0, 0.1) is 0 Å². The van der Waals surface area contributed by atoms with E-state index in [4.69, 9.17) is 0 Å². The molecule has 0 atom stereocenters. The van der Waals surface area contributed by atoms with Gasteiger partial charge < -0.3 is 4.18 Å². The lowest BCUT2D eigenvalue weighted by Gasteiger charge is -2.33. The van der Waals surface area contributed by atoms with Crippen LogP contribution in [0.25, 0.3) is 0 Å². The smallest absolute Gasteiger partial charge is 0.376 e. The first kappa shape index (κ1) is 24.0. The third-order valence-electron chi connectivity index (χ3n) is 4.98. The number of rotatable bonds is 12. The second-order valence-electron chi connectivity index (χ2n) is 7.10. The predicted molar refractivity (Wildman–Crippen MR) is 107 cm³/mol. The Bertz CT molecular complexity index is 636. The standard InChI is InChI=1S/C19H31F3O3SSi/c1-4-7-14-27(15-8-5-2,16-9-6-3)18-12-10-17(11-13-18)25-26(23,24)19(20,21)22/h10-13H,4-9,14-16H2,1-3H3. The molecule has 1 rings (SSSR count). The van der Waals surface area contributed by atoms with Gasteiger partial charge in [0.05, 0.1) is 8.07 Å². The molecule has 27 heavy (non-hydrogen) atoms. The van der Waals surface area contributed by atoms with Crippen LogP contribution in [0.15, 0.2) is 24.3 Å². The average molecular weight is 425 g/mol. The normalized spacial score (nSPS) is 13.0. The van der Waals surface area contributed by atoms with Crippen molar-refractivity contribution in [1.29, 1.82) is 0 Å². The molecule has 1 aromatic carbocycles. The Hall–Kier alpha value is -1.02. The fourth-order valence-electron chi connectivity index (χ4n) is 3.39. The number of alkyl halides is 3. The SMILES string of the molecule is CCCC[Si](CCCC)(CCCC)c1ccc(OS(=O)(=O)C(F)(F)F)cc1. The van der Waals surface area contributed by atoms with Gasteiger partial charge in [0.1, 0.15) is 5.75 Å². The van der Waals surface area contributed by atoms with E-state index in [2.05, 4.69) is 25.0 Å². The third kappa shape index (κ3) is 6.82. The van der Waals surface area contributed by atoms with Crippen molar-refractivity contribution in [3.05, 3.63) is 24.3 Å². The van der Waals surface area contributed by atoms with Crippen LogP contribution in [0.2, 0.25) is 18.1 Å². The maximum absolute atomic E-state index is 12.5. The number of halogens is 3. The lowest BCUT2D eigenvalue weighted by molar-refractivity contribution is -0.0500. The van der Waals surface area contributed by atoms with E-state index < -0.39 is 23.7 Å². The van der Waals surface area contributed by atoms with Crippen molar-refractivity contribution in [1.82, 2.24) is 0 Å². The Labute approximate surface area is 162 Å². The Morgan fingerprint density at radius 1 is 0.852 bits per heavy atom. The molecular weight excluding hydrogens is 393 g/mol. The van der Waals surface area contributed by atoms with Gasteiger partial charge in [-0.1, -0.05) is 94.7 Å². The van der Waals surface area contributed by atoms with Crippen LogP contribution in [-0.4, -0.2) is 22.0 Å². The molecular formula is C19H31F3O3SSi. The van der Waals surface area contributed by atoms with E-state index in [1.807, 2.05) is 0 Å². The van der Waals surface area contributed by atoms with E-state index in [1.54, 1.807) is 12.1 Å². The van der Waals surface area contributed by atoms with Gasteiger partial charge in [-0.25, -0.2) is 0 Å². The molecule has 0 radical (unpaired) electrons. The van der Waals surface area contributed by atoms with Gasteiger partial charge in [0.25, 0.3) is 0 Å². The monoisotopic (exact) mass is 424 g/mol. The molecule has 0 aliphatic heterocycles. The van der Waals surface area contributed by atoms with E-state index >= 15 is 0 Å². The highest BCUT2D eigenvalue weighted by molar-refractivity contribution is 7.88. The molecule has 3 nitrogen and oxygen atoms in total. The summed E-state index contributed by atoms with van der Waals surface area (Å²) in [6, 6.07) is 9.77. The van der Waals surface area contributed by atoms with Crippen molar-refractivity contribution in [3.63, 3.8) is 0 Å². The molecule has 0 aromatic heterocycles. The van der Waals surface area contributed by atoms with Crippen LogP contribution in [0.3, 0.4) is 0 Å². The number of benzene rings is 1. The lowest BCUT2D eigenvalue weighted by atomic mass is 10.3. The molecule has 0 saturated carbocycles. The summed E-state index contributed by atoms with van der Waals surface area (Å²) in [4.78, 5) is 0. The molecule has 0 N–H and O–H groups in total. The molecule has 1 aromatic rings. The molecule has 0 unspecified atom stereocenters. The molecule has 0 amide bonds. The van der Waals surface area contributed by atoms with E-state index in [-0.39, 0.29) is 5.75 Å². The molecule has 156 valence electrons. The van der Waals surface area contributed by atoms with Crippen molar-refractivity contribution in [2.75, 3.05) is 0 Å². The second-order valence-corrected chi connectivity index (χ2v) is 13.3. The summed E-state index contributed by atoms with van der Waals surface area (Å²) in [7, 11) is -7.41. The molecule has 8 heteroatoms. The minimum atomic E-state index is -5.63. The van der Waals surface area contributed by atoms with Gasteiger partial charge in [0, 0.05) is 0 Å². The molecule has 0 aliphatic rings. The fourth-order valence-corrected chi connectivity index (χ4v) is 9.43. The lowest BCUT2D eigenvalue weighted by Crippen LogP contribution is -2.47. The summed E-state index contributed by atoms with van der Waals surface area (Å²) in [5.74, 6) is -0.291. The van der Waals surface area contributed by atoms with Crippen molar-refractivity contribution in [3.8, 4) is 5.75 Å². The zero-order valence-electron chi connectivity index (χ0n) is 16.4. The quantitative estimate of drug-likeness (QED) is 0.236. The maximum Gasteiger partial charge on any atom is 0.534 e. The Kier molecular flexibility index (Phi) is 9.34. The predicted octanol–water partition coefficient (Wildman–Crippen LogP) is 5.97. The van der Waals surface area contributed by atoms with Crippen molar-refractivity contribution in [2.45, 2.75) is 82.9 Å². The maximum atomic E-state index is 12.5. The van der Waals surface area contributed by atoms with Crippen LogP contribution in [-0.2, 0) is 10.1 Å². The van der Waals surface area contributed by atoms with Crippen LogP contribution in [0.1, 0.15) is 59.3 Å². The first-order chi connectivity index (χ1) is 12.6. The highest BCUT2D eigenvalue weighted by atomic mass is 32.2. The second kappa shape index (κ2) is 10.5. The van der Waals surface area contributed by atoms with Crippen LogP contribution >= 0.6 is 0 Å². The van der Waals surface area contributed by atoms with Crippen LogP contribution < -0.4 is 9.37 Å². The molecule has 0 bridgehead atoms. The Balaban J connectivity index is 3.14. The van der Waals surface area contributed by atoms with Gasteiger partial charge in [0.15, 0.2) is 0 Å². The first-order valence-corrected chi connectivity index (χ1v) is 13.8.